The van der Waals surface area contributed by atoms with Crippen molar-refractivity contribution >= 4 is 41.3 Å². The van der Waals surface area contributed by atoms with Crippen molar-refractivity contribution in [3.05, 3.63) is 39.4 Å². The van der Waals surface area contributed by atoms with Gasteiger partial charge in [-0.25, -0.2) is 4.99 Å². The Balaban J connectivity index is 0.00000338. The number of aliphatic imine (C=N–C) groups is 1. The molecule has 0 saturated heterocycles. The first-order chi connectivity index (χ1) is 12.2. The van der Waals surface area contributed by atoms with Crippen LogP contribution in [0.25, 0.3) is 0 Å². The van der Waals surface area contributed by atoms with Crippen LogP contribution in [0.3, 0.4) is 0 Å². The van der Waals surface area contributed by atoms with E-state index in [2.05, 4.69) is 61.0 Å². The third-order valence-corrected chi connectivity index (χ3v) is 4.99. The van der Waals surface area contributed by atoms with E-state index in [1.807, 2.05) is 11.3 Å². The maximum absolute atomic E-state index is 5.43. The second-order valence-electron chi connectivity index (χ2n) is 6.20. The zero-order valence-corrected chi connectivity index (χ0v) is 19.3. The molecule has 146 valence electrons. The van der Waals surface area contributed by atoms with Gasteiger partial charge in [-0.3, -0.25) is 0 Å². The van der Waals surface area contributed by atoms with Crippen LogP contribution in [-0.4, -0.2) is 24.2 Å². The van der Waals surface area contributed by atoms with Crippen molar-refractivity contribution in [3.8, 4) is 0 Å². The average molecular weight is 490 g/mol. The number of thiophene rings is 1. The molecule has 7 heteroatoms. The van der Waals surface area contributed by atoms with E-state index in [1.165, 1.54) is 4.88 Å². The molecule has 0 bridgehead atoms. The van der Waals surface area contributed by atoms with Crippen LogP contribution in [0, 0.1) is 5.92 Å². The molecule has 1 unspecified atom stereocenters. The molecule has 5 nitrogen and oxygen atoms in total. The van der Waals surface area contributed by atoms with E-state index in [1.54, 1.807) is 0 Å². The zero-order valence-electron chi connectivity index (χ0n) is 16.2. The van der Waals surface area contributed by atoms with Gasteiger partial charge in [-0.05, 0) is 37.1 Å². The lowest BCUT2D eigenvalue weighted by molar-refractivity contribution is 0.380. The van der Waals surface area contributed by atoms with E-state index in [0.29, 0.717) is 12.5 Å². The van der Waals surface area contributed by atoms with Crippen LogP contribution >= 0.6 is 35.3 Å². The van der Waals surface area contributed by atoms with Gasteiger partial charge in [0.25, 0.3) is 0 Å². The normalized spacial score (nSPS) is 12.5. The third-order valence-electron chi connectivity index (χ3n) is 4.09. The van der Waals surface area contributed by atoms with Crippen molar-refractivity contribution in [3.63, 3.8) is 0 Å². The molecule has 2 N–H and O–H groups in total. The number of nitrogens with zero attached hydrogens (tertiary/aromatic N) is 2. The van der Waals surface area contributed by atoms with E-state index < -0.39 is 0 Å². The summed E-state index contributed by atoms with van der Waals surface area (Å²) in [6.45, 7) is 10.9. The maximum Gasteiger partial charge on any atom is 0.191 e. The molecule has 2 rings (SSSR count). The maximum atomic E-state index is 5.43. The molecule has 0 aliphatic carbocycles. The fraction of sp³-hybridized carbons (Fsp3) is 0.579. The summed E-state index contributed by atoms with van der Waals surface area (Å²) < 4.78 is 5.43. The van der Waals surface area contributed by atoms with Crippen molar-refractivity contribution in [1.82, 2.24) is 15.8 Å². The first-order valence-electron chi connectivity index (χ1n) is 9.18. The largest absolute Gasteiger partial charge is 0.361 e. The Bertz CT molecular complexity index is 633. The highest BCUT2D eigenvalue weighted by atomic mass is 127. The van der Waals surface area contributed by atoms with Gasteiger partial charge in [-0.1, -0.05) is 32.0 Å². The predicted octanol–water partition coefficient (Wildman–Crippen LogP) is 4.41. The Morgan fingerprint density at radius 3 is 2.69 bits per heavy atom. The lowest BCUT2D eigenvalue weighted by atomic mass is 10.1. The molecule has 0 aliphatic rings. The number of halogens is 1. The molecule has 0 aliphatic heterocycles. The molecule has 26 heavy (non-hydrogen) atoms. The molecule has 0 saturated carbocycles. The fourth-order valence-electron chi connectivity index (χ4n) is 2.73. The second-order valence-corrected chi connectivity index (χ2v) is 7.24. The molecule has 1 atom stereocenters. The number of rotatable bonds is 9. The number of nitrogens with one attached hydrogen (secondary N) is 2. The summed E-state index contributed by atoms with van der Waals surface area (Å²) in [7, 11) is 0. The predicted molar refractivity (Wildman–Crippen MR) is 121 cm³/mol. The number of aromatic nitrogens is 1. The number of aryl methyl sites for hydroxylation is 2. The molecular formula is C19H31IN4OS. The zero-order chi connectivity index (χ0) is 18.1. The van der Waals surface area contributed by atoms with Gasteiger partial charge >= 0.3 is 0 Å². The molecule has 0 amide bonds. The van der Waals surface area contributed by atoms with Crippen LogP contribution in [-0.2, 0) is 25.8 Å². The molecule has 0 spiro atoms. The Morgan fingerprint density at radius 2 is 2.08 bits per heavy atom. The van der Waals surface area contributed by atoms with E-state index in [-0.39, 0.29) is 24.0 Å². The summed E-state index contributed by atoms with van der Waals surface area (Å²) in [6, 6.07) is 4.31. The SMILES string of the molecule is CCNC(=NCc1c(CC)noc1CC)NCC(C)Cc1cccs1.I. The molecule has 2 heterocycles. The van der Waals surface area contributed by atoms with E-state index >= 15 is 0 Å². The minimum atomic E-state index is 0. The topological polar surface area (TPSA) is 62.5 Å². The van der Waals surface area contributed by atoms with Gasteiger partial charge in [0.05, 0.1) is 12.2 Å². The Morgan fingerprint density at radius 1 is 1.27 bits per heavy atom. The summed E-state index contributed by atoms with van der Waals surface area (Å²) in [5, 5.41) is 13.1. The fourth-order valence-corrected chi connectivity index (χ4v) is 3.60. The highest BCUT2D eigenvalue weighted by Gasteiger charge is 2.13. The Hall–Kier alpha value is -1.09. The van der Waals surface area contributed by atoms with Crippen LogP contribution in [0.5, 0.6) is 0 Å². The molecule has 2 aromatic rings. The molecular weight excluding hydrogens is 459 g/mol. The highest BCUT2D eigenvalue weighted by molar-refractivity contribution is 14.0. The summed E-state index contributed by atoms with van der Waals surface area (Å²) in [5.41, 5.74) is 2.15. The smallest absolute Gasteiger partial charge is 0.191 e. The van der Waals surface area contributed by atoms with Gasteiger partial charge in [0.1, 0.15) is 5.76 Å². The Kier molecular flexibility index (Phi) is 10.9. The van der Waals surface area contributed by atoms with E-state index in [0.717, 1.165) is 55.3 Å². The molecule has 2 aromatic heterocycles. The van der Waals surface area contributed by atoms with Crippen LogP contribution in [0.4, 0.5) is 0 Å². The first-order valence-corrected chi connectivity index (χ1v) is 10.1. The Labute approximate surface area is 178 Å². The summed E-state index contributed by atoms with van der Waals surface area (Å²) >= 11 is 1.82. The van der Waals surface area contributed by atoms with Crippen LogP contribution < -0.4 is 10.6 Å². The minimum Gasteiger partial charge on any atom is -0.361 e. The summed E-state index contributed by atoms with van der Waals surface area (Å²) in [4.78, 5) is 6.17. The first kappa shape index (κ1) is 23.0. The van der Waals surface area contributed by atoms with Crippen LogP contribution in [0.2, 0.25) is 0 Å². The van der Waals surface area contributed by atoms with Gasteiger partial charge in [0, 0.05) is 30.0 Å². The standard InChI is InChI=1S/C19H30N4OS.HI/c1-5-17-16(18(6-2)24-23-17)13-22-19(20-7-3)21-12-14(4)11-15-9-8-10-25-15;/h8-10,14H,5-7,11-13H2,1-4H3,(H2,20,21,22);1H. The van der Waals surface area contributed by atoms with Crippen molar-refractivity contribution in [1.29, 1.82) is 0 Å². The van der Waals surface area contributed by atoms with Gasteiger partial charge in [-0.15, -0.1) is 35.3 Å². The lowest BCUT2D eigenvalue weighted by Crippen LogP contribution is -2.39. The van der Waals surface area contributed by atoms with Crippen molar-refractivity contribution in [2.24, 2.45) is 10.9 Å². The molecule has 0 fully saturated rings. The van der Waals surface area contributed by atoms with E-state index in [9.17, 15) is 0 Å². The third kappa shape index (κ3) is 6.90. The lowest BCUT2D eigenvalue weighted by Gasteiger charge is -2.15. The number of hydrogen-bond acceptors (Lipinski definition) is 4. The average Bonchev–Trinajstić information content (AvgIpc) is 3.26. The quantitative estimate of drug-likeness (QED) is 0.311. The summed E-state index contributed by atoms with van der Waals surface area (Å²) in [6.07, 6.45) is 2.81. The number of hydrogen-bond donors (Lipinski definition) is 2. The summed E-state index contributed by atoms with van der Waals surface area (Å²) in [5.74, 6) is 2.35. The van der Waals surface area contributed by atoms with E-state index in [4.69, 9.17) is 9.52 Å². The van der Waals surface area contributed by atoms with Gasteiger partial charge in [-0.2, -0.15) is 0 Å². The van der Waals surface area contributed by atoms with Crippen molar-refractivity contribution in [2.45, 2.75) is 53.5 Å². The molecule has 0 radical (unpaired) electrons. The monoisotopic (exact) mass is 490 g/mol. The minimum absolute atomic E-state index is 0. The van der Waals surface area contributed by atoms with Crippen molar-refractivity contribution < 1.29 is 4.52 Å². The molecule has 0 aromatic carbocycles. The van der Waals surface area contributed by atoms with Gasteiger partial charge in [0.2, 0.25) is 0 Å². The highest BCUT2D eigenvalue weighted by Crippen LogP contribution is 2.17. The van der Waals surface area contributed by atoms with Crippen molar-refractivity contribution in [2.75, 3.05) is 13.1 Å². The second kappa shape index (κ2) is 12.3. The van der Waals surface area contributed by atoms with Crippen LogP contribution in [0.1, 0.15) is 49.6 Å². The number of guanidine groups is 1. The van der Waals surface area contributed by atoms with Crippen LogP contribution in [0.15, 0.2) is 27.0 Å². The van der Waals surface area contributed by atoms with Gasteiger partial charge < -0.3 is 15.2 Å². The van der Waals surface area contributed by atoms with Gasteiger partial charge in [0.15, 0.2) is 5.96 Å².